The van der Waals surface area contributed by atoms with Crippen molar-refractivity contribution in [1.82, 2.24) is 4.90 Å². The fourth-order valence-corrected chi connectivity index (χ4v) is 3.51. The van der Waals surface area contributed by atoms with Crippen LogP contribution in [0.2, 0.25) is 0 Å². The summed E-state index contributed by atoms with van der Waals surface area (Å²) in [5.41, 5.74) is 1.73. The van der Waals surface area contributed by atoms with Gasteiger partial charge in [0.2, 0.25) is 5.91 Å². The molecule has 1 atom stereocenters. The van der Waals surface area contributed by atoms with Crippen LogP contribution in [0.1, 0.15) is 33.8 Å². The minimum absolute atomic E-state index is 0.0123. The molecular formula is C18H18FNO3S. The molecule has 1 amide bonds. The van der Waals surface area contributed by atoms with Crippen LogP contribution in [0.25, 0.3) is 0 Å². The summed E-state index contributed by atoms with van der Waals surface area (Å²) in [6, 6.07) is 7.95. The van der Waals surface area contributed by atoms with Crippen LogP contribution in [-0.2, 0) is 16.0 Å². The maximum Gasteiger partial charge on any atom is 0.227 e. The van der Waals surface area contributed by atoms with Crippen LogP contribution >= 0.6 is 11.3 Å². The Hall–Kier alpha value is -2.05. The molecule has 0 bridgehead atoms. The first-order chi connectivity index (χ1) is 11.5. The molecule has 2 aromatic rings. The van der Waals surface area contributed by atoms with Crippen molar-refractivity contribution >= 4 is 23.0 Å². The number of Topliss-reactive ketones (excluding diaryl/α,β-unsaturated/α-hetero) is 1. The molecular weight excluding hydrogens is 329 g/mol. The number of hydrogen-bond acceptors (Lipinski definition) is 4. The van der Waals surface area contributed by atoms with Gasteiger partial charge in [0.1, 0.15) is 11.9 Å². The second kappa shape index (κ2) is 7.23. The first-order valence-electron chi connectivity index (χ1n) is 7.76. The molecule has 0 saturated carbocycles. The summed E-state index contributed by atoms with van der Waals surface area (Å²) in [6.07, 6.45) is 0.0402. The van der Waals surface area contributed by atoms with Gasteiger partial charge in [-0.25, -0.2) is 4.39 Å². The average molecular weight is 347 g/mol. The molecule has 1 fully saturated rings. The minimum Gasteiger partial charge on any atom is -0.370 e. The van der Waals surface area contributed by atoms with Crippen molar-refractivity contribution in [1.29, 1.82) is 0 Å². The summed E-state index contributed by atoms with van der Waals surface area (Å²) < 4.78 is 18.7. The average Bonchev–Trinajstić information content (AvgIpc) is 3.04. The molecule has 126 valence electrons. The summed E-state index contributed by atoms with van der Waals surface area (Å²) in [4.78, 5) is 26.3. The summed E-state index contributed by atoms with van der Waals surface area (Å²) in [5.74, 6) is -0.263. The largest absolute Gasteiger partial charge is 0.370 e. The monoisotopic (exact) mass is 347 g/mol. The molecule has 1 saturated heterocycles. The number of nitrogens with zero attached hydrogens (tertiary/aromatic N) is 1. The van der Waals surface area contributed by atoms with E-state index in [9.17, 15) is 14.0 Å². The summed E-state index contributed by atoms with van der Waals surface area (Å²) >= 11 is 1.36. The Balaban J connectivity index is 1.64. The number of rotatable bonds is 4. The molecule has 0 N–H and O–H groups in total. The van der Waals surface area contributed by atoms with Crippen LogP contribution < -0.4 is 0 Å². The van der Waals surface area contributed by atoms with Crippen molar-refractivity contribution in [3.8, 4) is 0 Å². The van der Waals surface area contributed by atoms with Gasteiger partial charge in [0.15, 0.2) is 5.78 Å². The number of carbonyl (C=O) groups excluding carboxylic acids is 2. The van der Waals surface area contributed by atoms with Crippen LogP contribution in [-0.4, -0.2) is 36.3 Å². The van der Waals surface area contributed by atoms with Crippen LogP contribution in [0, 0.1) is 5.82 Å². The van der Waals surface area contributed by atoms with E-state index in [1.54, 1.807) is 23.1 Å². The van der Waals surface area contributed by atoms with Gasteiger partial charge in [0.05, 0.1) is 24.4 Å². The smallest absolute Gasteiger partial charge is 0.227 e. The molecule has 1 aromatic heterocycles. The van der Waals surface area contributed by atoms with E-state index in [4.69, 9.17) is 4.74 Å². The highest BCUT2D eigenvalue weighted by Gasteiger charge is 2.25. The minimum atomic E-state index is -0.291. The normalized spacial score (nSPS) is 17.8. The van der Waals surface area contributed by atoms with Crippen molar-refractivity contribution in [2.24, 2.45) is 0 Å². The Morgan fingerprint density at radius 3 is 2.75 bits per heavy atom. The molecule has 1 aliphatic rings. The standard InChI is InChI=1S/C18H18FNO3S/c1-12(21)17-8-13(11-24-17)9-18(22)20-6-7-23-16(10-20)14-2-4-15(19)5-3-14/h2-5,8,11,16H,6-7,9-10H2,1H3/t16-/m0/s1. The van der Waals surface area contributed by atoms with Gasteiger partial charge < -0.3 is 9.64 Å². The molecule has 1 aliphatic heterocycles. The Morgan fingerprint density at radius 1 is 1.33 bits per heavy atom. The van der Waals surface area contributed by atoms with Gasteiger partial charge in [0.25, 0.3) is 0 Å². The third-order valence-electron chi connectivity index (χ3n) is 4.02. The van der Waals surface area contributed by atoms with Gasteiger partial charge in [-0.15, -0.1) is 11.3 Å². The highest BCUT2D eigenvalue weighted by Crippen LogP contribution is 2.23. The van der Waals surface area contributed by atoms with Gasteiger partial charge in [-0.2, -0.15) is 0 Å². The maximum absolute atomic E-state index is 13.0. The van der Waals surface area contributed by atoms with Crippen molar-refractivity contribution in [2.75, 3.05) is 19.7 Å². The Kier molecular flexibility index (Phi) is 5.06. The highest BCUT2D eigenvalue weighted by atomic mass is 32.1. The van der Waals surface area contributed by atoms with E-state index in [1.165, 1.54) is 30.4 Å². The lowest BCUT2D eigenvalue weighted by Gasteiger charge is -2.33. The molecule has 3 rings (SSSR count). The van der Waals surface area contributed by atoms with Gasteiger partial charge in [-0.05, 0) is 41.6 Å². The number of amides is 1. The number of halogens is 1. The zero-order valence-electron chi connectivity index (χ0n) is 13.3. The molecule has 0 radical (unpaired) electrons. The number of hydrogen-bond donors (Lipinski definition) is 0. The summed E-state index contributed by atoms with van der Waals surface area (Å²) in [7, 11) is 0. The van der Waals surface area contributed by atoms with Crippen molar-refractivity contribution in [2.45, 2.75) is 19.4 Å². The van der Waals surface area contributed by atoms with E-state index in [0.29, 0.717) is 24.6 Å². The number of benzene rings is 1. The Labute approximate surface area is 143 Å². The number of morpholine rings is 1. The lowest BCUT2D eigenvalue weighted by molar-refractivity contribution is -0.138. The van der Waals surface area contributed by atoms with E-state index in [1.807, 2.05) is 5.38 Å². The first-order valence-corrected chi connectivity index (χ1v) is 8.64. The number of carbonyl (C=O) groups is 2. The van der Waals surface area contributed by atoms with E-state index < -0.39 is 0 Å². The van der Waals surface area contributed by atoms with Crippen molar-refractivity contribution in [3.05, 3.63) is 57.5 Å². The van der Waals surface area contributed by atoms with E-state index in [-0.39, 0.29) is 30.0 Å². The van der Waals surface area contributed by atoms with Gasteiger partial charge >= 0.3 is 0 Å². The second-order valence-electron chi connectivity index (χ2n) is 5.80. The predicted molar refractivity (Wildman–Crippen MR) is 89.7 cm³/mol. The zero-order chi connectivity index (χ0) is 17.1. The van der Waals surface area contributed by atoms with Crippen molar-refractivity contribution < 1.29 is 18.7 Å². The molecule has 0 spiro atoms. The van der Waals surface area contributed by atoms with E-state index in [0.717, 1.165) is 11.1 Å². The molecule has 2 heterocycles. The fraction of sp³-hybridized carbons (Fsp3) is 0.333. The van der Waals surface area contributed by atoms with Crippen LogP contribution in [0.15, 0.2) is 35.7 Å². The lowest BCUT2D eigenvalue weighted by Crippen LogP contribution is -2.42. The molecule has 0 aliphatic carbocycles. The predicted octanol–water partition coefficient (Wildman–Crippen LogP) is 3.23. The summed E-state index contributed by atoms with van der Waals surface area (Å²) in [5, 5.41) is 1.85. The number of ketones is 1. The van der Waals surface area contributed by atoms with Crippen LogP contribution in [0.4, 0.5) is 4.39 Å². The third kappa shape index (κ3) is 3.88. The second-order valence-corrected chi connectivity index (χ2v) is 6.71. The maximum atomic E-state index is 13.0. The van der Waals surface area contributed by atoms with E-state index >= 15 is 0 Å². The summed E-state index contributed by atoms with van der Waals surface area (Å²) in [6.45, 7) is 2.97. The molecule has 24 heavy (non-hydrogen) atoms. The Morgan fingerprint density at radius 2 is 2.08 bits per heavy atom. The Bertz CT molecular complexity index is 741. The highest BCUT2D eigenvalue weighted by molar-refractivity contribution is 7.12. The lowest BCUT2D eigenvalue weighted by atomic mass is 10.1. The topological polar surface area (TPSA) is 46.6 Å². The van der Waals surface area contributed by atoms with Crippen LogP contribution in [0.5, 0.6) is 0 Å². The molecule has 4 nitrogen and oxygen atoms in total. The fourth-order valence-electron chi connectivity index (χ4n) is 2.69. The number of ether oxygens (including phenoxy) is 1. The zero-order valence-corrected chi connectivity index (χ0v) is 14.1. The first kappa shape index (κ1) is 16.8. The van der Waals surface area contributed by atoms with E-state index in [2.05, 4.69) is 0 Å². The number of thiophene rings is 1. The van der Waals surface area contributed by atoms with Gasteiger partial charge in [-0.1, -0.05) is 12.1 Å². The molecule has 0 unspecified atom stereocenters. The quantitative estimate of drug-likeness (QED) is 0.798. The molecule has 6 heteroatoms. The van der Waals surface area contributed by atoms with Gasteiger partial charge in [-0.3, -0.25) is 9.59 Å². The van der Waals surface area contributed by atoms with Crippen LogP contribution in [0.3, 0.4) is 0 Å². The van der Waals surface area contributed by atoms with Gasteiger partial charge in [0, 0.05) is 6.54 Å². The SMILES string of the molecule is CC(=O)c1cc(CC(=O)N2CCO[C@H](c3ccc(F)cc3)C2)cs1. The molecule has 1 aromatic carbocycles. The third-order valence-corrected chi connectivity index (χ3v) is 5.10. The van der Waals surface area contributed by atoms with Crippen molar-refractivity contribution in [3.63, 3.8) is 0 Å².